The van der Waals surface area contributed by atoms with Crippen molar-refractivity contribution in [3.05, 3.63) is 76.8 Å². The van der Waals surface area contributed by atoms with Gasteiger partial charge in [0, 0.05) is 4.88 Å². The third-order valence-corrected chi connectivity index (χ3v) is 5.95. The largest absolute Gasteiger partial charge is 0.490 e. The molecule has 0 saturated heterocycles. The van der Waals surface area contributed by atoms with E-state index >= 15 is 0 Å². The van der Waals surface area contributed by atoms with E-state index in [1.165, 1.54) is 28.4 Å². The lowest BCUT2D eigenvalue weighted by atomic mass is 10.2. The smallest absolute Gasteiger partial charge is 0.262 e. The number of ether oxygens (including phenoxy) is 2. The van der Waals surface area contributed by atoms with E-state index in [1.807, 2.05) is 56.3 Å². The van der Waals surface area contributed by atoms with Crippen LogP contribution in [0.2, 0.25) is 0 Å². The topological polar surface area (TPSA) is 94.8 Å². The van der Waals surface area contributed by atoms with Crippen molar-refractivity contribution in [3.63, 3.8) is 0 Å². The van der Waals surface area contributed by atoms with Crippen LogP contribution in [0, 0.1) is 0 Å². The summed E-state index contributed by atoms with van der Waals surface area (Å²) in [4.78, 5) is 31.2. The monoisotopic (exact) mass is 476 g/mol. The number of nitrogens with zero attached hydrogens (tertiary/aromatic N) is 3. The summed E-state index contributed by atoms with van der Waals surface area (Å²) in [7, 11) is 0. The Kier molecular flexibility index (Phi) is 7.34. The van der Waals surface area contributed by atoms with Gasteiger partial charge < -0.3 is 9.47 Å². The van der Waals surface area contributed by atoms with Crippen LogP contribution in [-0.2, 0) is 11.3 Å². The first kappa shape index (κ1) is 23.2. The van der Waals surface area contributed by atoms with Gasteiger partial charge in [0.05, 0.1) is 31.1 Å². The zero-order valence-electron chi connectivity index (χ0n) is 18.9. The normalized spacial score (nSPS) is 11.1. The van der Waals surface area contributed by atoms with Crippen molar-refractivity contribution >= 4 is 33.7 Å². The molecular formula is C25H24N4O4S. The molecule has 0 aliphatic rings. The fraction of sp³-hybridized carbons (Fsp3) is 0.200. The van der Waals surface area contributed by atoms with Gasteiger partial charge in [0.2, 0.25) is 0 Å². The zero-order chi connectivity index (χ0) is 23.9. The zero-order valence-corrected chi connectivity index (χ0v) is 19.7. The predicted octanol–water partition coefficient (Wildman–Crippen LogP) is 4.07. The van der Waals surface area contributed by atoms with E-state index < -0.39 is 5.91 Å². The van der Waals surface area contributed by atoms with Gasteiger partial charge in [-0.3, -0.25) is 14.2 Å². The highest BCUT2D eigenvalue weighted by Crippen LogP contribution is 2.30. The Morgan fingerprint density at radius 3 is 2.62 bits per heavy atom. The summed E-state index contributed by atoms with van der Waals surface area (Å²) in [5.74, 6) is 0.821. The summed E-state index contributed by atoms with van der Waals surface area (Å²) in [5.41, 5.74) is 3.94. The number of hydrogen-bond donors (Lipinski definition) is 1. The lowest BCUT2D eigenvalue weighted by Crippen LogP contribution is -2.29. The van der Waals surface area contributed by atoms with Crippen molar-refractivity contribution < 1.29 is 14.3 Å². The molecule has 0 atom stereocenters. The molecule has 1 amide bonds. The molecule has 0 radical (unpaired) electrons. The predicted molar refractivity (Wildman–Crippen MR) is 134 cm³/mol. The molecule has 0 aliphatic carbocycles. The van der Waals surface area contributed by atoms with Gasteiger partial charge in [-0.05, 0) is 49.2 Å². The fourth-order valence-electron chi connectivity index (χ4n) is 3.33. The van der Waals surface area contributed by atoms with E-state index in [0.717, 1.165) is 16.0 Å². The lowest BCUT2D eigenvalue weighted by molar-refractivity contribution is -0.121. The Morgan fingerprint density at radius 1 is 1.09 bits per heavy atom. The highest BCUT2D eigenvalue weighted by molar-refractivity contribution is 7.21. The number of aromatic nitrogens is 2. The first-order valence-corrected chi connectivity index (χ1v) is 11.7. The molecule has 2 heterocycles. The molecular weight excluding hydrogens is 452 g/mol. The summed E-state index contributed by atoms with van der Waals surface area (Å²) in [6.45, 7) is 4.64. The van der Waals surface area contributed by atoms with Gasteiger partial charge in [-0.25, -0.2) is 10.4 Å². The van der Waals surface area contributed by atoms with Crippen LogP contribution in [0.1, 0.15) is 19.4 Å². The van der Waals surface area contributed by atoms with Gasteiger partial charge >= 0.3 is 0 Å². The van der Waals surface area contributed by atoms with Gasteiger partial charge in [0.1, 0.15) is 11.4 Å². The molecule has 2 aromatic heterocycles. The van der Waals surface area contributed by atoms with Gasteiger partial charge in [-0.2, -0.15) is 5.10 Å². The standard InChI is InChI=1S/C25H24N4O4S/c1-3-32-20-11-10-17(12-21(20)33-4-2)14-27-28-23(30)15-29-16-26-24-19(25(29)31)13-22(34-24)18-8-6-5-7-9-18/h5-14,16H,3-4,15H2,1-2H3,(H,28,30). The van der Waals surface area contributed by atoms with Crippen LogP contribution in [0.15, 0.2) is 70.8 Å². The fourth-order valence-corrected chi connectivity index (χ4v) is 4.33. The second-order valence-corrected chi connectivity index (χ2v) is 8.27. The number of carbonyl (C=O) groups is 1. The van der Waals surface area contributed by atoms with Crippen LogP contribution in [0.25, 0.3) is 20.7 Å². The molecule has 4 rings (SSSR count). The van der Waals surface area contributed by atoms with Crippen LogP contribution in [0.4, 0.5) is 0 Å². The van der Waals surface area contributed by atoms with Gasteiger partial charge in [0.25, 0.3) is 11.5 Å². The third kappa shape index (κ3) is 5.32. The van der Waals surface area contributed by atoms with E-state index in [2.05, 4.69) is 15.5 Å². The maximum Gasteiger partial charge on any atom is 0.262 e. The summed E-state index contributed by atoms with van der Waals surface area (Å²) >= 11 is 1.44. The molecule has 8 nitrogen and oxygen atoms in total. The number of rotatable bonds is 9. The number of thiophene rings is 1. The van der Waals surface area contributed by atoms with Crippen molar-refractivity contribution in [1.29, 1.82) is 0 Å². The third-order valence-electron chi connectivity index (χ3n) is 4.86. The molecule has 1 N–H and O–H groups in total. The van der Waals surface area contributed by atoms with Crippen LogP contribution in [-0.4, -0.2) is 34.9 Å². The Bertz CT molecular complexity index is 1380. The number of hydrogen-bond acceptors (Lipinski definition) is 7. The highest BCUT2D eigenvalue weighted by atomic mass is 32.1. The number of nitrogens with one attached hydrogen (secondary N) is 1. The van der Waals surface area contributed by atoms with E-state index in [9.17, 15) is 9.59 Å². The number of amides is 1. The van der Waals surface area contributed by atoms with Crippen LogP contribution in [0.3, 0.4) is 0 Å². The first-order chi connectivity index (χ1) is 16.6. The molecule has 0 spiro atoms. The quantitative estimate of drug-likeness (QED) is 0.290. The van der Waals surface area contributed by atoms with E-state index in [-0.39, 0.29) is 12.1 Å². The molecule has 9 heteroatoms. The highest BCUT2D eigenvalue weighted by Gasteiger charge is 2.12. The van der Waals surface area contributed by atoms with Crippen molar-refractivity contribution in [2.24, 2.45) is 5.10 Å². The van der Waals surface area contributed by atoms with Gasteiger partial charge in [-0.15, -0.1) is 11.3 Å². The minimum atomic E-state index is -0.436. The molecule has 0 unspecified atom stereocenters. The summed E-state index contributed by atoms with van der Waals surface area (Å²) in [5, 5.41) is 4.48. The molecule has 0 fully saturated rings. The molecule has 4 aromatic rings. The minimum Gasteiger partial charge on any atom is -0.490 e. The maximum absolute atomic E-state index is 12.9. The molecule has 2 aromatic carbocycles. The molecule has 0 aliphatic heterocycles. The van der Waals surface area contributed by atoms with Crippen molar-refractivity contribution in [3.8, 4) is 21.9 Å². The molecule has 0 bridgehead atoms. The summed E-state index contributed by atoms with van der Waals surface area (Å²) in [6, 6.07) is 17.0. The van der Waals surface area contributed by atoms with Gasteiger partial charge in [0.15, 0.2) is 11.5 Å². The second kappa shape index (κ2) is 10.8. The average molecular weight is 477 g/mol. The Hall–Kier alpha value is -3.98. The Balaban J connectivity index is 1.44. The Morgan fingerprint density at radius 2 is 1.85 bits per heavy atom. The van der Waals surface area contributed by atoms with Gasteiger partial charge in [-0.1, -0.05) is 30.3 Å². The molecule has 174 valence electrons. The Labute approximate surface area is 200 Å². The maximum atomic E-state index is 12.9. The first-order valence-electron chi connectivity index (χ1n) is 10.8. The van der Waals surface area contributed by atoms with Crippen molar-refractivity contribution in [2.45, 2.75) is 20.4 Å². The van der Waals surface area contributed by atoms with E-state index in [1.54, 1.807) is 12.1 Å². The van der Waals surface area contributed by atoms with E-state index in [0.29, 0.717) is 34.9 Å². The van der Waals surface area contributed by atoms with Crippen molar-refractivity contribution in [2.75, 3.05) is 13.2 Å². The summed E-state index contributed by atoms with van der Waals surface area (Å²) < 4.78 is 12.4. The van der Waals surface area contributed by atoms with Crippen LogP contribution in [0.5, 0.6) is 11.5 Å². The lowest BCUT2D eigenvalue weighted by Gasteiger charge is -2.11. The molecule has 0 saturated carbocycles. The average Bonchev–Trinajstić information content (AvgIpc) is 3.29. The summed E-state index contributed by atoms with van der Waals surface area (Å²) in [6.07, 6.45) is 2.89. The number of carbonyl (C=O) groups excluding carboxylic acids is 1. The minimum absolute atomic E-state index is 0.191. The van der Waals surface area contributed by atoms with Crippen LogP contribution >= 0.6 is 11.3 Å². The molecule has 34 heavy (non-hydrogen) atoms. The van der Waals surface area contributed by atoms with Crippen molar-refractivity contribution in [1.82, 2.24) is 15.0 Å². The number of hydrazone groups is 1. The van der Waals surface area contributed by atoms with Crippen LogP contribution < -0.4 is 20.5 Å². The number of benzene rings is 2. The number of fused-ring (bicyclic) bond motifs is 1. The SMILES string of the molecule is CCOc1ccc(C=NNC(=O)Cn2cnc3sc(-c4ccccc4)cc3c2=O)cc1OCC. The second-order valence-electron chi connectivity index (χ2n) is 7.24. The van der Waals surface area contributed by atoms with E-state index in [4.69, 9.17) is 9.47 Å².